The molecule has 114 valence electrons. The molecule has 3 rings (SSSR count). The minimum atomic E-state index is 0.655. The topological polar surface area (TPSA) is 30.9 Å². The standard InChI is InChI=1S/C16H30N4/c1-17-15(18-11-14-5-3-9-19(2)12-14)20-10-8-16(13-20)6-4-7-16/h14H,3-13H2,1-2H3,(H,17,18). The summed E-state index contributed by atoms with van der Waals surface area (Å²) < 4.78 is 0. The zero-order chi connectivity index (χ0) is 14.0. The largest absolute Gasteiger partial charge is 0.356 e. The smallest absolute Gasteiger partial charge is 0.193 e. The lowest BCUT2D eigenvalue weighted by molar-refractivity contribution is 0.151. The predicted octanol–water partition coefficient (Wildman–Crippen LogP) is 1.78. The van der Waals surface area contributed by atoms with Gasteiger partial charge in [0.2, 0.25) is 0 Å². The second-order valence-corrected chi connectivity index (χ2v) is 7.22. The monoisotopic (exact) mass is 278 g/mol. The van der Waals surface area contributed by atoms with Crippen LogP contribution in [0.1, 0.15) is 38.5 Å². The number of rotatable bonds is 2. The Bertz CT molecular complexity index is 361. The molecule has 1 atom stereocenters. The number of hydrogen-bond donors (Lipinski definition) is 1. The highest BCUT2D eigenvalue weighted by Crippen LogP contribution is 2.47. The molecule has 3 aliphatic rings. The van der Waals surface area contributed by atoms with E-state index in [0.29, 0.717) is 5.41 Å². The molecule has 1 saturated carbocycles. The molecule has 1 unspecified atom stereocenters. The van der Waals surface area contributed by atoms with Crippen molar-refractivity contribution in [1.29, 1.82) is 0 Å². The van der Waals surface area contributed by atoms with Gasteiger partial charge >= 0.3 is 0 Å². The minimum Gasteiger partial charge on any atom is -0.356 e. The van der Waals surface area contributed by atoms with Crippen LogP contribution in [0.25, 0.3) is 0 Å². The van der Waals surface area contributed by atoms with E-state index in [-0.39, 0.29) is 0 Å². The van der Waals surface area contributed by atoms with E-state index in [2.05, 4.69) is 27.2 Å². The van der Waals surface area contributed by atoms with Crippen LogP contribution in [-0.2, 0) is 0 Å². The highest BCUT2D eigenvalue weighted by Gasteiger charge is 2.43. The third-order valence-electron chi connectivity index (χ3n) is 5.63. The van der Waals surface area contributed by atoms with Crippen molar-refractivity contribution in [1.82, 2.24) is 15.1 Å². The normalized spacial score (nSPS) is 30.6. The first-order valence-corrected chi connectivity index (χ1v) is 8.35. The van der Waals surface area contributed by atoms with Gasteiger partial charge in [-0.1, -0.05) is 6.42 Å². The molecule has 1 aliphatic carbocycles. The first-order chi connectivity index (χ1) is 9.71. The molecule has 2 saturated heterocycles. The molecule has 3 fully saturated rings. The van der Waals surface area contributed by atoms with E-state index in [0.717, 1.165) is 18.4 Å². The average molecular weight is 278 g/mol. The summed E-state index contributed by atoms with van der Waals surface area (Å²) >= 11 is 0. The lowest BCUT2D eigenvalue weighted by Crippen LogP contribution is -2.46. The molecule has 4 heteroatoms. The second-order valence-electron chi connectivity index (χ2n) is 7.22. The van der Waals surface area contributed by atoms with E-state index in [1.807, 2.05) is 7.05 Å². The summed E-state index contributed by atoms with van der Waals surface area (Å²) in [6, 6.07) is 0. The van der Waals surface area contributed by atoms with Crippen LogP contribution < -0.4 is 5.32 Å². The summed E-state index contributed by atoms with van der Waals surface area (Å²) in [5.74, 6) is 1.92. The van der Waals surface area contributed by atoms with Crippen molar-refractivity contribution in [2.24, 2.45) is 16.3 Å². The molecule has 20 heavy (non-hydrogen) atoms. The highest BCUT2D eigenvalue weighted by atomic mass is 15.3. The van der Waals surface area contributed by atoms with Crippen LogP contribution in [0.4, 0.5) is 0 Å². The van der Waals surface area contributed by atoms with E-state index >= 15 is 0 Å². The Morgan fingerprint density at radius 2 is 2.10 bits per heavy atom. The Balaban J connectivity index is 1.48. The molecule has 2 aliphatic heterocycles. The Morgan fingerprint density at radius 3 is 2.70 bits per heavy atom. The van der Waals surface area contributed by atoms with Crippen molar-refractivity contribution < 1.29 is 0 Å². The summed E-state index contributed by atoms with van der Waals surface area (Å²) in [5, 5.41) is 3.64. The van der Waals surface area contributed by atoms with Gasteiger partial charge in [-0.2, -0.15) is 0 Å². The SMILES string of the molecule is CN=C(NCC1CCCN(C)C1)N1CCC2(CCC2)C1. The number of piperidine rings is 1. The predicted molar refractivity (Wildman–Crippen MR) is 84.1 cm³/mol. The van der Waals surface area contributed by atoms with Crippen molar-refractivity contribution in [3.8, 4) is 0 Å². The van der Waals surface area contributed by atoms with Crippen LogP contribution in [0.3, 0.4) is 0 Å². The van der Waals surface area contributed by atoms with Gasteiger partial charge in [0, 0.05) is 33.2 Å². The molecule has 1 spiro atoms. The van der Waals surface area contributed by atoms with Gasteiger partial charge in [0.1, 0.15) is 0 Å². The first kappa shape index (κ1) is 14.2. The Morgan fingerprint density at radius 1 is 1.25 bits per heavy atom. The number of aliphatic imine (C=N–C) groups is 1. The Labute approximate surface area is 123 Å². The van der Waals surface area contributed by atoms with Gasteiger partial charge in [0.05, 0.1) is 0 Å². The fourth-order valence-electron chi connectivity index (χ4n) is 4.21. The van der Waals surface area contributed by atoms with Crippen LogP contribution in [0.2, 0.25) is 0 Å². The molecule has 0 bridgehead atoms. The average Bonchev–Trinajstić information content (AvgIpc) is 2.85. The number of nitrogens with one attached hydrogen (secondary N) is 1. The van der Waals surface area contributed by atoms with Gasteiger partial charge < -0.3 is 15.1 Å². The van der Waals surface area contributed by atoms with Crippen molar-refractivity contribution in [2.75, 3.05) is 46.8 Å². The van der Waals surface area contributed by atoms with Crippen LogP contribution >= 0.6 is 0 Å². The zero-order valence-electron chi connectivity index (χ0n) is 13.2. The number of hydrogen-bond acceptors (Lipinski definition) is 2. The minimum absolute atomic E-state index is 0.655. The molecular weight excluding hydrogens is 248 g/mol. The zero-order valence-corrected chi connectivity index (χ0v) is 13.2. The quantitative estimate of drug-likeness (QED) is 0.617. The van der Waals surface area contributed by atoms with E-state index in [9.17, 15) is 0 Å². The maximum absolute atomic E-state index is 4.52. The van der Waals surface area contributed by atoms with Crippen LogP contribution in [-0.4, -0.2) is 62.6 Å². The second kappa shape index (κ2) is 5.92. The summed E-state index contributed by atoms with van der Waals surface area (Å²) in [7, 11) is 4.17. The number of nitrogens with zero attached hydrogens (tertiary/aromatic N) is 3. The maximum atomic E-state index is 4.52. The lowest BCUT2D eigenvalue weighted by Gasteiger charge is -2.38. The molecule has 1 N–H and O–H groups in total. The lowest BCUT2D eigenvalue weighted by atomic mass is 9.68. The van der Waals surface area contributed by atoms with Gasteiger partial charge in [0.15, 0.2) is 5.96 Å². The fraction of sp³-hybridized carbons (Fsp3) is 0.938. The van der Waals surface area contributed by atoms with Gasteiger partial charge in [-0.15, -0.1) is 0 Å². The Hall–Kier alpha value is -0.770. The van der Waals surface area contributed by atoms with E-state index in [4.69, 9.17) is 0 Å². The van der Waals surface area contributed by atoms with Crippen molar-refractivity contribution >= 4 is 5.96 Å². The van der Waals surface area contributed by atoms with Crippen LogP contribution in [0.5, 0.6) is 0 Å². The molecule has 0 amide bonds. The van der Waals surface area contributed by atoms with E-state index in [1.54, 1.807) is 0 Å². The van der Waals surface area contributed by atoms with Crippen molar-refractivity contribution in [3.05, 3.63) is 0 Å². The molecule has 2 heterocycles. The van der Waals surface area contributed by atoms with E-state index in [1.165, 1.54) is 64.7 Å². The summed E-state index contributed by atoms with van der Waals surface area (Å²) in [4.78, 5) is 9.46. The Kier molecular flexibility index (Phi) is 4.20. The highest BCUT2D eigenvalue weighted by molar-refractivity contribution is 5.80. The maximum Gasteiger partial charge on any atom is 0.193 e. The van der Waals surface area contributed by atoms with Gasteiger partial charge in [0.25, 0.3) is 0 Å². The van der Waals surface area contributed by atoms with Crippen molar-refractivity contribution in [3.63, 3.8) is 0 Å². The summed E-state index contributed by atoms with van der Waals surface area (Å²) in [6.07, 6.45) is 8.39. The van der Waals surface area contributed by atoms with E-state index < -0.39 is 0 Å². The fourth-order valence-corrected chi connectivity index (χ4v) is 4.21. The number of likely N-dealkylation sites (tertiary alicyclic amines) is 2. The molecule has 0 aromatic rings. The van der Waals surface area contributed by atoms with Gasteiger partial charge in [-0.05, 0) is 57.0 Å². The molecule has 0 aromatic heterocycles. The first-order valence-electron chi connectivity index (χ1n) is 8.35. The molecule has 0 aromatic carbocycles. The van der Waals surface area contributed by atoms with Crippen molar-refractivity contribution in [2.45, 2.75) is 38.5 Å². The third kappa shape index (κ3) is 2.95. The summed E-state index contributed by atoms with van der Waals surface area (Å²) in [5.41, 5.74) is 0.655. The molecule has 0 radical (unpaired) electrons. The van der Waals surface area contributed by atoms with Crippen LogP contribution in [0.15, 0.2) is 4.99 Å². The third-order valence-corrected chi connectivity index (χ3v) is 5.63. The van der Waals surface area contributed by atoms with Crippen LogP contribution in [0, 0.1) is 11.3 Å². The summed E-state index contributed by atoms with van der Waals surface area (Å²) in [6.45, 7) is 6.01. The molecular formula is C16H30N4. The molecule has 4 nitrogen and oxygen atoms in total. The number of guanidine groups is 1. The van der Waals surface area contributed by atoms with Gasteiger partial charge in [-0.25, -0.2) is 0 Å². The van der Waals surface area contributed by atoms with Gasteiger partial charge in [-0.3, -0.25) is 4.99 Å².